The molecule has 0 fully saturated rings. The minimum Gasteiger partial charge on any atom is -0.480 e. The van der Waals surface area contributed by atoms with E-state index < -0.39 is 0 Å². The molecule has 3 rings (SSSR count). The van der Waals surface area contributed by atoms with Gasteiger partial charge in [-0.3, -0.25) is 0 Å². The highest BCUT2D eigenvalue weighted by Crippen LogP contribution is 2.37. The summed E-state index contributed by atoms with van der Waals surface area (Å²) < 4.78 is 6.01. The fourth-order valence-electron chi connectivity index (χ4n) is 2.47. The number of ether oxygens (including phenoxy) is 1. The maximum Gasteiger partial charge on any atom is 0.233 e. The maximum atomic E-state index is 5.24. The summed E-state index contributed by atoms with van der Waals surface area (Å²) in [5.74, 6) is 1.24. The zero-order chi connectivity index (χ0) is 13.4. The number of nitrogens with zero attached hydrogens (tertiary/aromatic N) is 3. The minimum absolute atomic E-state index is 0.350. The fraction of sp³-hybridized carbons (Fsp3) is 0.286. The summed E-state index contributed by atoms with van der Waals surface area (Å²) in [6, 6.07) is 8.72. The van der Waals surface area contributed by atoms with Crippen molar-refractivity contribution in [2.75, 3.05) is 12.0 Å². The first-order chi connectivity index (χ1) is 9.20. The second-order valence-electron chi connectivity index (χ2n) is 4.58. The summed E-state index contributed by atoms with van der Waals surface area (Å²) in [6.07, 6.45) is 2.74. The van der Waals surface area contributed by atoms with Crippen molar-refractivity contribution < 1.29 is 4.74 Å². The van der Waals surface area contributed by atoms with E-state index in [0.29, 0.717) is 17.9 Å². The third-order valence-corrected chi connectivity index (χ3v) is 3.86. The SMILES string of the molecule is COc1nc(N2c3ccccc3CC2C)ncc1Br. The van der Waals surface area contributed by atoms with Crippen molar-refractivity contribution in [1.29, 1.82) is 0 Å². The molecule has 1 aromatic carbocycles. The molecule has 0 bridgehead atoms. The summed E-state index contributed by atoms with van der Waals surface area (Å²) in [5.41, 5.74) is 2.51. The standard InChI is InChI=1S/C14H14BrN3O/c1-9-7-10-5-3-4-6-12(10)18(9)14-16-8-11(15)13(17-14)19-2/h3-6,8-9H,7H2,1-2H3. The Bertz CT molecular complexity index is 617. The van der Waals surface area contributed by atoms with Gasteiger partial charge in [-0.2, -0.15) is 4.98 Å². The zero-order valence-electron chi connectivity index (χ0n) is 10.8. The molecule has 0 spiro atoms. The molecule has 2 aromatic rings. The molecule has 4 nitrogen and oxygen atoms in total. The molecule has 1 aliphatic rings. The Hall–Kier alpha value is -1.62. The van der Waals surface area contributed by atoms with E-state index in [1.165, 1.54) is 11.3 Å². The highest BCUT2D eigenvalue weighted by molar-refractivity contribution is 9.10. The van der Waals surface area contributed by atoms with Crippen molar-refractivity contribution in [3.8, 4) is 5.88 Å². The summed E-state index contributed by atoms with van der Waals surface area (Å²) in [4.78, 5) is 11.0. The van der Waals surface area contributed by atoms with Crippen LogP contribution in [0, 0.1) is 0 Å². The number of fused-ring (bicyclic) bond motifs is 1. The van der Waals surface area contributed by atoms with Crippen LogP contribution in [0.5, 0.6) is 5.88 Å². The number of methoxy groups -OCH3 is 1. The summed E-state index contributed by atoms with van der Waals surface area (Å²) >= 11 is 3.38. The molecule has 0 aliphatic carbocycles. The van der Waals surface area contributed by atoms with Crippen LogP contribution in [0.4, 0.5) is 11.6 Å². The molecule has 0 saturated carbocycles. The van der Waals surface area contributed by atoms with Gasteiger partial charge in [0.1, 0.15) is 0 Å². The highest BCUT2D eigenvalue weighted by atomic mass is 79.9. The summed E-state index contributed by atoms with van der Waals surface area (Å²) in [5, 5.41) is 0. The molecule has 0 saturated heterocycles. The molecule has 2 heterocycles. The molecule has 1 atom stereocenters. The van der Waals surface area contributed by atoms with Crippen LogP contribution in [-0.2, 0) is 6.42 Å². The number of anilines is 2. The molecule has 1 unspecified atom stereocenters. The second-order valence-corrected chi connectivity index (χ2v) is 5.43. The number of aromatic nitrogens is 2. The van der Waals surface area contributed by atoms with E-state index in [2.05, 4.69) is 55.9 Å². The predicted octanol–water partition coefficient (Wildman–Crippen LogP) is 3.33. The number of para-hydroxylation sites is 1. The van der Waals surface area contributed by atoms with Gasteiger partial charge in [-0.15, -0.1) is 0 Å². The molecule has 19 heavy (non-hydrogen) atoms. The monoisotopic (exact) mass is 319 g/mol. The van der Waals surface area contributed by atoms with E-state index >= 15 is 0 Å². The quantitative estimate of drug-likeness (QED) is 0.851. The second kappa shape index (κ2) is 4.81. The highest BCUT2D eigenvalue weighted by Gasteiger charge is 2.29. The smallest absolute Gasteiger partial charge is 0.233 e. The average Bonchev–Trinajstić information content (AvgIpc) is 2.75. The summed E-state index contributed by atoms with van der Waals surface area (Å²) in [6.45, 7) is 2.18. The van der Waals surface area contributed by atoms with E-state index in [4.69, 9.17) is 4.74 Å². The number of rotatable bonds is 2. The van der Waals surface area contributed by atoms with Gasteiger partial charge < -0.3 is 9.64 Å². The van der Waals surface area contributed by atoms with Gasteiger partial charge in [0.05, 0.1) is 17.8 Å². The summed E-state index contributed by atoms with van der Waals surface area (Å²) in [7, 11) is 1.61. The Morgan fingerprint density at radius 2 is 2.16 bits per heavy atom. The molecule has 0 N–H and O–H groups in total. The maximum absolute atomic E-state index is 5.24. The van der Waals surface area contributed by atoms with E-state index in [-0.39, 0.29) is 0 Å². The molecule has 1 aliphatic heterocycles. The van der Waals surface area contributed by atoms with E-state index in [1.54, 1.807) is 13.3 Å². The molecule has 98 valence electrons. The third-order valence-electron chi connectivity index (χ3n) is 3.32. The lowest BCUT2D eigenvalue weighted by atomic mass is 10.1. The Labute approximate surface area is 120 Å². The molecule has 1 aromatic heterocycles. The molecule has 0 amide bonds. The van der Waals surface area contributed by atoms with Crippen LogP contribution < -0.4 is 9.64 Å². The lowest BCUT2D eigenvalue weighted by Crippen LogP contribution is -2.25. The average molecular weight is 320 g/mol. The van der Waals surface area contributed by atoms with Crippen molar-refractivity contribution in [2.24, 2.45) is 0 Å². The van der Waals surface area contributed by atoms with Crippen LogP contribution in [0.25, 0.3) is 0 Å². The van der Waals surface area contributed by atoms with E-state index in [1.807, 2.05) is 6.07 Å². The van der Waals surface area contributed by atoms with E-state index in [0.717, 1.165) is 10.9 Å². The van der Waals surface area contributed by atoms with Crippen LogP contribution in [-0.4, -0.2) is 23.1 Å². The van der Waals surface area contributed by atoms with E-state index in [9.17, 15) is 0 Å². The van der Waals surface area contributed by atoms with Gasteiger partial charge in [-0.05, 0) is 40.9 Å². The number of benzene rings is 1. The van der Waals surface area contributed by atoms with Crippen molar-refractivity contribution in [3.05, 3.63) is 40.5 Å². The van der Waals surface area contributed by atoms with Gasteiger partial charge in [0.15, 0.2) is 0 Å². The van der Waals surface area contributed by atoms with Gasteiger partial charge in [0.2, 0.25) is 11.8 Å². The normalized spacial score (nSPS) is 17.4. The van der Waals surface area contributed by atoms with Gasteiger partial charge in [-0.1, -0.05) is 18.2 Å². The van der Waals surface area contributed by atoms with Gasteiger partial charge >= 0.3 is 0 Å². The Kier molecular flexibility index (Phi) is 3.14. The van der Waals surface area contributed by atoms with Crippen LogP contribution >= 0.6 is 15.9 Å². The molecular weight excluding hydrogens is 306 g/mol. The third kappa shape index (κ3) is 2.08. The lowest BCUT2D eigenvalue weighted by molar-refractivity contribution is 0.394. The van der Waals surface area contributed by atoms with Crippen LogP contribution in [0.2, 0.25) is 0 Å². The number of halogens is 1. The molecular formula is C14H14BrN3O. The van der Waals surface area contributed by atoms with Crippen LogP contribution in [0.3, 0.4) is 0 Å². The first-order valence-corrected chi connectivity index (χ1v) is 6.93. The van der Waals surface area contributed by atoms with Crippen molar-refractivity contribution in [1.82, 2.24) is 9.97 Å². The minimum atomic E-state index is 0.350. The Morgan fingerprint density at radius 1 is 1.37 bits per heavy atom. The number of hydrogen-bond acceptors (Lipinski definition) is 4. The Balaban J connectivity index is 2.07. The van der Waals surface area contributed by atoms with Crippen molar-refractivity contribution in [3.63, 3.8) is 0 Å². The van der Waals surface area contributed by atoms with Crippen molar-refractivity contribution >= 4 is 27.6 Å². The van der Waals surface area contributed by atoms with Crippen molar-refractivity contribution in [2.45, 2.75) is 19.4 Å². The predicted molar refractivity (Wildman–Crippen MR) is 78.0 cm³/mol. The topological polar surface area (TPSA) is 38.2 Å². The van der Waals surface area contributed by atoms with Crippen LogP contribution in [0.15, 0.2) is 34.9 Å². The van der Waals surface area contributed by atoms with Crippen LogP contribution in [0.1, 0.15) is 12.5 Å². The first-order valence-electron chi connectivity index (χ1n) is 6.14. The lowest BCUT2D eigenvalue weighted by Gasteiger charge is -2.22. The number of hydrogen-bond donors (Lipinski definition) is 0. The molecule has 5 heteroatoms. The molecule has 0 radical (unpaired) electrons. The largest absolute Gasteiger partial charge is 0.480 e. The van der Waals surface area contributed by atoms with Gasteiger partial charge in [-0.25, -0.2) is 4.98 Å². The first kappa shape index (κ1) is 12.4. The van der Waals surface area contributed by atoms with Gasteiger partial charge in [0.25, 0.3) is 0 Å². The van der Waals surface area contributed by atoms with Gasteiger partial charge in [0, 0.05) is 11.7 Å². The Morgan fingerprint density at radius 3 is 2.95 bits per heavy atom. The fourth-order valence-corrected chi connectivity index (χ4v) is 2.83. The zero-order valence-corrected chi connectivity index (χ0v) is 12.4.